The minimum Gasteiger partial charge on any atom is -0.496 e. The van der Waals surface area contributed by atoms with Gasteiger partial charge in [-0.3, -0.25) is 0 Å². The Labute approximate surface area is 126 Å². The lowest BCUT2D eigenvalue weighted by Crippen LogP contribution is -2.24. The predicted octanol–water partition coefficient (Wildman–Crippen LogP) is 3.58. The first-order valence-corrected chi connectivity index (χ1v) is 6.93. The fourth-order valence-corrected chi connectivity index (χ4v) is 2.52. The normalized spacial score (nSPS) is 13.6. The number of aryl methyl sites for hydroxylation is 2. The van der Waals surface area contributed by atoms with E-state index >= 15 is 0 Å². The Balaban J connectivity index is 2.65. The van der Waals surface area contributed by atoms with Crippen LogP contribution in [-0.2, 0) is 5.60 Å². The fraction of sp³-hybridized carbons (Fsp3) is 0.333. The second-order valence-corrected chi connectivity index (χ2v) is 5.41. The summed E-state index contributed by atoms with van der Waals surface area (Å²) in [6.45, 7) is 5.85. The van der Waals surface area contributed by atoms with Crippen LogP contribution < -0.4 is 9.47 Å². The number of hydrogen-bond donors (Lipinski definition) is 1. The molecule has 0 radical (unpaired) electrons. The summed E-state index contributed by atoms with van der Waals surface area (Å²) >= 11 is 0. The van der Waals surface area contributed by atoms with Crippen LogP contribution in [0.1, 0.15) is 29.2 Å². The zero-order valence-corrected chi connectivity index (χ0v) is 13.2. The molecular weight excluding hydrogens is 264 g/mol. The van der Waals surface area contributed by atoms with Gasteiger partial charge in [-0.1, -0.05) is 24.3 Å². The fourth-order valence-electron chi connectivity index (χ4n) is 2.52. The van der Waals surface area contributed by atoms with Crippen LogP contribution in [0.15, 0.2) is 36.4 Å². The third kappa shape index (κ3) is 2.74. The average molecular weight is 286 g/mol. The van der Waals surface area contributed by atoms with E-state index in [1.54, 1.807) is 21.1 Å². The summed E-state index contributed by atoms with van der Waals surface area (Å²) in [7, 11) is 3.18. The van der Waals surface area contributed by atoms with Gasteiger partial charge in [0, 0.05) is 0 Å². The van der Waals surface area contributed by atoms with Crippen molar-refractivity contribution >= 4 is 0 Å². The van der Waals surface area contributed by atoms with Gasteiger partial charge in [0.25, 0.3) is 0 Å². The van der Waals surface area contributed by atoms with Crippen LogP contribution in [0.3, 0.4) is 0 Å². The summed E-state index contributed by atoms with van der Waals surface area (Å²) in [5.74, 6) is 1.22. The van der Waals surface area contributed by atoms with Crippen LogP contribution in [0.4, 0.5) is 0 Å². The molecule has 0 aliphatic heterocycles. The Morgan fingerprint density at radius 1 is 0.905 bits per heavy atom. The van der Waals surface area contributed by atoms with E-state index in [1.807, 2.05) is 43.3 Å². The maximum atomic E-state index is 11.1. The Bertz CT molecular complexity index is 623. The molecule has 0 fully saturated rings. The molecule has 1 N–H and O–H groups in total. The SMILES string of the molecule is COc1cccc(OC)c1C(C)(O)c1ccc(C)c(C)c1. The van der Waals surface area contributed by atoms with E-state index in [4.69, 9.17) is 9.47 Å². The molecule has 0 bridgehead atoms. The molecule has 2 aromatic carbocycles. The van der Waals surface area contributed by atoms with E-state index in [1.165, 1.54) is 5.56 Å². The van der Waals surface area contributed by atoms with Gasteiger partial charge >= 0.3 is 0 Å². The molecule has 0 amide bonds. The third-order valence-corrected chi connectivity index (χ3v) is 3.98. The molecule has 0 aromatic heterocycles. The molecular formula is C18H22O3. The van der Waals surface area contributed by atoms with E-state index in [-0.39, 0.29) is 0 Å². The summed E-state index contributed by atoms with van der Waals surface area (Å²) in [5.41, 5.74) is 2.59. The number of benzene rings is 2. The van der Waals surface area contributed by atoms with Crippen LogP contribution in [0.2, 0.25) is 0 Å². The molecule has 0 spiro atoms. The van der Waals surface area contributed by atoms with Crippen molar-refractivity contribution in [3.63, 3.8) is 0 Å². The standard InChI is InChI=1S/C18H22O3/c1-12-9-10-14(11-13(12)2)18(3,19)17-15(20-4)7-6-8-16(17)21-5/h6-11,19H,1-5H3. The van der Waals surface area contributed by atoms with Gasteiger partial charge in [0.05, 0.1) is 19.8 Å². The number of rotatable bonds is 4. The van der Waals surface area contributed by atoms with Gasteiger partial charge in [-0.2, -0.15) is 0 Å². The van der Waals surface area contributed by atoms with Gasteiger partial charge < -0.3 is 14.6 Å². The molecule has 0 heterocycles. The van der Waals surface area contributed by atoms with Crippen LogP contribution in [0.25, 0.3) is 0 Å². The largest absolute Gasteiger partial charge is 0.496 e. The first-order chi connectivity index (χ1) is 9.91. The minimum absolute atomic E-state index is 0.609. The van der Waals surface area contributed by atoms with Crippen molar-refractivity contribution in [3.8, 4) is 11.5 Å². The Morgan fingerprint density at radius 3 is 1.95 bits per heavy atom. The second kappa shape index (κ2) is 5.78. The Hall–Kier alpha value is -2.00. The summed E-state index contributed by atoms with van der Waals surface area (Å²) < 4.78 is 10.8. The average Bonchev–Trinajstić information content (AvgIpc) is 2.48. The molecule has 0 saturated carbocycles. The summed E-state index contributed by atoms with van der Waals surface area (Å²) in [6.07, 6.45) is 0. The van der Waals surface area contributed by atoms with Crippen molar-refractivity contribution in [2.24, 2.45) is 0 Å². The highest BCUT2D eigenvalue weighted by Crippen LogP contribution is 2.41. The number of hydrogen-bond acceptors (Lipinski definition) is 3. The van der Waals surface area contributed by atoms with Crippen molar-refractivity contribution < 1.29 is 14.6 Å². The lowest BCUT2D eigenvalue weighted by atomic mass is 9.85. The lowest BCUT2D eigenvalue weighted by Gasteiger charge is -2.28. The van der Waals surface area contributed by atoms with Crippen LogP contribution in [0.5, 0.6) is 11.5 Å². The van der Waals surface area contributed by atoms with Crippen molar-refractivity contribution in [3.05, 3.63) is 58.7 Å². The van der Waals surface area contributed by atoms with Crippen LogP contribution in [-0.4, -0.2) is 19.3 Å². The molecule has 1 unspecified atom stereocenters. The number of methoxy groups -OCH3 is 2. The van der Waals surface area contributed by atoms with Gasteiger partial charge in [-0.25, -0.2) is 0 Å². The first-order valence-electron chi connectivity index (χ1n) is 6.93. The summed E-state index contributed by atoms with van der Waals surface area (Å²) in [6, 6.07) is 11.5. The molecule has 0 saturated heterocycles. The molecule has 2 rings (SSSR count). The van der Waals surface area contributed by atoms with E-state index in [9.17, 15) is 5.11 Å². The smallest absolute Gasteiger partial charge is 0.129 e. The molecule has 2 aromatic rings. The topological polar surface area (TPSA) is 38.7 Å². The van der Waals surface area contributed by atoms with Crippen LogP contribution >= 0.6 is 0 Å². The molecule has 1 atom stereocenters. The molecule has 112 valence electrons. The second-order valence-electron chi connectivity index (χ2n) is 5.41. The minimum atomic E-state index is -1.20. The van der Waals surface area contributed by atoms with E-state index < -0.39 is 5.60 Å². The first kappa shape index (κ1) is 15.4. The number of ether oxygens (including phenoxy) is 2. The highest BCUT2D eigenvalue weighted by molar-refractivity contribution is 5.53. The maximum Gasteiger partial charge on any atom is 0.129 e. The predicted molar refractivity (Wildman–Crippen MR) is 84.1 cm³/mol. The third-order valence-electron chi connectivity index (χ3n) is 3.98. The lowest BCUT2D eigenvalue weighted by molar-refractivity contribution is 0.0955. The summed E-state index contributed by atoms with van der Waals surface area (Å²) in [5, 5.41) is 11.1. The maximum absolute atomic E-state index is 11.1. The zero-order chi connectivity index (χ0) is 15.6. The van der Waals surface area contributed by atoms with Crippen molar-refractivity contribution in [1.82, 2.24) is 0 Å². The zero-order valence-electron chi connectivity index (χ0n) is 13.2. The van der Waals surface area contributed by atoms with Gasteiger partial charge in [0.15, 0.2) is 0 Å². The van der Waals surface area contributed by atoms with Crippen molar-refractivity contribution in [2.75, 3.05) is 14.2 Å². The highest BCUT2D eigenvalue weighted by atomic mass is 16.5. The monoisotopic (exact) mass is 286 g/mol. The summed E-state index contributed by atoms with van der Waals surface area (Å²) in [4.78, 5) is 0. The quantitative estimate of drug-likeness (QED) is 0.933. The molecule has 21 heavy (non-hydrogen) atoms. The highest BCUT2D eigenvalue weighted by Gasteiger charge is 2.32. The molecule has 0 aliphatic carbocycles. The van der Waals surface area contributed by atoms with Crippen LogP contribution in [0, 0.1) is 13.8 Å². The van der Waals surface area contributed by atoms with E-state index in [2.05, 4.69) is 6.92 Å². The van der Waals surface area contributed by atoms with E-state index in [0.717, 1.165) is 11.1 Å². The van der Waals surface area contributed by atoms with Gasteiger partial charge in [0.1, 0.15) is 17.1 Å². The van der Waals surface area contributed by atoms with Crippen molar-refractivity contribution in [1.29, 1.82) is 0 Å². The number of aliphatic hydroxyl groups is 1. The van der Waals surface area contributed by atoms with Gasteiger partial charge in [0.2, 0.25) is 0 Å². The Morgan fingerprint density at radius 2 is 1.48 bits per heavy atom. The van der Waals surface area contributed by atoms with Crippen molar-refractivity contribution in [2.45, 2.75) is 26.4 Å². The Kier molecular flexibility index (Phi) is 4.24. The van der Waals surface area contributed by atoms with Gasteiger partial charge in [-0.05, 0) is 49.6 Å². The molecule has 0 aliphatic rings. The molecule has 3 heteroatoms. The van der Waals surface area contributed by atoms with E-state index in [0.29, 0.717) is 17.1 Å². The van der Waals surface area contributed by atoms with Gasteiger partial charge in [-0.15, -0.1) is 0 Å². The molecule has 3 nitrogen and oxygen atoms in total.